The Labute approximate surface area is 125 Å². The van der Waals surface area contributed by atoms with Crippen LogP contribution in [0.4, 0.5) is 0 Å². The summed E-state index contributed by atoms with van der Waals surface area (Å²) in [6, 6.07) is 0. The second-order valence-electron chi connectivity index (χ2n) is 6.00. The summed E-state index contributed by atoms with van der Waals surface area (Å²) < 4.78 is 32.6. The first kappa shape index (κ1) is 15.1. The van der Waals surface area contributed by atoms with Gasteiger partial charge in [-0.05, 0) is 25.7 Å². The molecule has 2 saturated heterocycles. The predicted molar refractivity (Wildman–Crippen MR) is 81.6 cm³/mol. The van der Waals surface area contributed by atoms with Crippen molar-refractivity contribution in [1.82, 2.24) is 9.62 Å². The lowest BCUT2D eigenvalue weighted by atomic mass is 9.88. The van der Waals surface area contributed by atoms with Gasteiger partial charge in [-0.3, -0.25) is 4.90 Å². The van der Waals surface area contributed by atoms with Crippen LogP contribution in [0.2, 0.25) is 0 Å². The smallest absolute Gasteiger partial charge is 0.214 e. The SMILES string of the molecule is O=S(=O)(NCC1(N2CCSCC2)CCOCC1)C1CC1. The van der Waals surface area contributed by atoms with Gasteiger partial charge in [-0.25, -0.2) is 13.1 Å². The fourth-order valence-electron chi connectivity index (χ4n) is 3.12. The summed E-state index contributed by atoms with van der Waals surface area (Å²) in [5.41, 5.74) is -0.0266. The molecular weight excluding hydrogens is 296 g/mol. The Kier molecular flexibility index (Phi) is 4.62. The molecule has 0 unspecified atom stereocenters. The van der Waals surface area contributed by atoms with Crippen LogP contribution in [0.5, 0.6) is 0 Å². The van der Waals surface area contributed by atoms with Crippen molar-refractivity contribution in [2.45, 2.75) is 36.5 Å². The lowest BCUT2D eigenvalue weighted by Crippen LogP contribution is -2.60. The molecule has 0 radical (unpaired) electrons. The summed E-state index contributed by atoms with van der Waals surface area (Å²) in [7, 11) is -3.09. The molecule has 5 nitrogen and oxygen atoms in total. The molecule has 0 amide bonds. The topological polar surface area (TPSA) is 58.6 Å². The quantitative estimate of drug-likeness (QED) is 0.807. The van der Waals surface area contributed by atoms with Crippen molar-refractivity contribution in [2.75, 3.05) is 44.4 Å². The number of ether oxygens (including phenoxy) is 1. The lowest BCUT2D eigenvalue weighted by molar-refractivity contribution is -0.0218. The van der Waals surface area contributed by atoms with Gasteiger partial charge >= 0.3 is 0 Å². The van der Waals surface area contributed by atoms with E-state index in [9.17, 15) is 8.42 Å². The van der Waals surface area contributed by atoms with Crippen LogP contribution in [0.15, 0.2) is 0 Å². The number of hydrogen-bond acceptors (Lipinski definition) is 5. The molecule has 0 spiro atoms. The second-order valence-corrected chi connectivity index (χ2v) is 9.27. The van der Waals surface area contributed by atoms with Crippen LogP contribution >= 0.6 is 11.8 Å². The van der Waals surface area contributed by atoms with E-state index in [0.29, 0.717) is 6.54 Å². The van der Waals surface area contributed by atoms with E-state index in [1.54, 1.807) is 0 Å². The first-order valence-electron chi connectivity index (χ1n) is 7.51. The molecule has 2 heterocycles. The zero-order valence-electron chi connectivity index (χ0n) is 11.8. The molecule has 0 bridgehead atoms. The second kappa shape index (κ2) is 6.12. The molecule has 20 heavy (non-hydrogen) atoms. The molecular formula is C13H24N2O3S2. The van der Waals surface area contributed by atoms with Gasteiger partial charge in [0, 0.05) is 49.9 Å². The first-order valence-corrected chi connectivity index (χ1v) is 10.2. The van der Waals surface area contributed by atoms with Crippen LogP contribution in [-0.2, 0) is 14.8 Å². The minimum Gasteiger partial charge on any atom is -0.381 e. The number of hydrogen-bond donors (Lipinski definition) is 1. The maximum absolute atomic E-state index is 12.1. The van der Waals surface area contributed by atoms with Gasteiger partial charge < -0.3 is 4.74 Å². The van der Waals surface area contributed by atoms with Crippen molar-refractivity contribution in [3.8, 4) is 0 Å². The zero-order chi connectivity index (χ0) is 14.1. The molecule has 3 fully saturated rings. The normalized spacial score (nSPS) is 28.4. The number of nitrogens with one attached hydrogen (secondary N) is 1. The molecule has 0 aromatic rings. The molecule has 0 aromatic heterocycles. The Bertz CT molecular complexity index is 425. The van der Waals surface area contributed by atoms with Gasteiger partial charge in [-0.2, -0.15) is 11.8 Å². The Morgan fingerprint density at radius 3 is 2.45 bits per heavy atom. The first-order chi connectivity index (χ1) is 9.62. The average Bonchev–Trinajstić information content (AvgIpc) is 3.32. The van der Waals surface area contributed by atoms with Gasteiger partial charge in [0.15, 0.2) is 0 Å². The van der Waals surface area contributed by atoms with Crippen molar-refractivity contribution >= 4 is 21.8 Å². The molecule has 7 heteroatoms. The molecule has 3 rings (SSSR count). The summed E-state index contributed by atoms with van der Waals surface area (Å²) in [6.07, 6.45) is 3.52. The minimum absolute atomic E-state index is 0.0266. The third-order valence-electron chi connectivity index (χ3n) is 4.67. The molecule has 0 aromatic carbocycles. The van der Waals surface area contributed by atoms with Crippen LogP contribution in [0.3, 0.4) is 0 Å². The van der Waals surface area contributed by atoms with Gasteiger partial charge in [0.05, 0.1) is 5.25 Å². The maximum Gasteiger partial charge on any atom is 0.214 e. The van der Waals surface area contributed by atoms with Crippen LogP contribution in [0.25, 0.3) is 0 Å². The van der Waals surface area contributed by atoms with Crippen LogP contribution in [0.1, 0.15) is 25.7 Å². The summed E-state index contributed by atoms with van der Waals surface area (Å²) >= 11 is 1.99. The largest absolute Gasteiger partial charge is 0.381 e. The number of sulfonamides is 1. The Hall–Kier alpha value is 0.180. The highest BCUT2D eigenvalue weighted by Gasteiger charge is 2.42. The molecule has 0 atom stereocenters. The average molecular weight is 320 g/mol. The zero-order valence-corrected chi connectivity index (χ0v) is 13.5. The van der Waals surface area contributed by atoms with E-state index in [4.69, 9.17) is 4.74 Å². The standard InChI is InChI=1S/C13H24N2O3S2/c16-20(17,12-1-2-12)14-11-13(3-7-18-8-4-13)15-5-9-19-10-6-15/h12,14H,1-11H2. The Morgan fingerprint density at radius 2 is 1.85 bits per heavy atom. The van der Waals surface area contributed by atoms with Gasteiger partial charge in [0.2, 0.25) is 10.0 Å². The monoisotopic (exact) mass is 320 g/mol. The van der Waals surface area contributed by atoms with Gasteiger partial charge in [0.25, 0.3) is 0 Å². The van der Waals surface area contributed by atoms with E-state index >= 15 is 0 Å². The van der Waals surface area contributed by atoms with Crippen molar-refractivity contribution in [3.63, 3.8) is 0 Å². The number of thioether (sulfide) groups is 1. The van der Waals surface area contributed by atoms with E-state index in [-0.39, 0.29) is 10.8 Å². The minimum atomic E-state index is -3.09. The summed E-state index contributed by atoms with van der Waals surface area (Å²) in [5, 5.41) is -0.128. The predicted octanol–water partition coefficient (Wildman–Crippen LogP) is 0.666. The van der Waals surface area contributed by atoms with Gasteiger partial charge in [-0.15, -0.1) is 0 Å². The van der Waals surface area contributed by atoms with Crippen molar-refractivity contribution in [2.24, 2.45) is 0 Å². The highest BCUT2D eigenvalue weighted by atomic mass is 32.2. The van der Waals surface area contributed by atoms with Crippen molar-refractivity contribution in [3.05, 3.63) is 0 Å². The van der Waals surface area contributed by atoms with Crippen LogP contribution in [-0.4, -0.2) is 68.5 Å². The lowest BCUT2D eigenvalue weighted by Gasteiger charge is -2.48. The van der Waals surface area contributed by atoms with E-state index in [2.05, 4.69) is 9.62 Å². The Morgan fingerprint density at radius 1 is 1.20 bits per heavy atom. The fraction of sp³-hybridized carbons (Fsp3) is 1.00. The fourth-order valence-corrected chi connectivity index (χ4v) is 5.49. The van der Waals surface area contributed by atoms with Crippen molar-refractivity contribution < 1.29 is 13.2 Å². The van der Waals surface area contributed by atoms with Gasteiger partial charge in [-0.1, -0.05) is 0 Å². The summed E-state index contributed by atoms with van der Waals surface area (Å²) in [6.45, 7) is 4.18. The third-order valence-corrected chi connectivity index (χ3v) is 7.51. The Balaban J connectivity index is 1.68. The molecule has 116 valence electrons. The molecule has 1 saturated carbocycles. The highest BCUT2D eigenvalue weighted by Crippen LogP contribution is 2.32. The molecule has 1 N–H and O–H groups in total. The maximum atomic E-state index is 12.1. The molecule has 1 aliphatic carbocycles. The van der Waals surface area contributed by atoms with E-state index in [1.165, 1.54) is 0 Å². The van der Waals surface area contributed by atoms with E-state index in [1.807, 2.05) is 11.8 Å². The highest BCUT2D eigenvalue weighted by molar-refractivity contribution is 7.99. The van der Waals surface area contributed by atoms with Gasteiger partial charge in [0.1, 0.15) is 0 Å². The molecule has 2 aliphatic heterocycles. The van der Waals surface area contributed by atoms with Crippen LogP contribution < -0.4 is 4.72 Å². The summed E-state index contributed by atoms with van der Waals surface area (Å²) in [5.74, 6) is 2.30. The van der Waals surface area contributed by atoms with E-state index in [0.717, 1.165) is 63.5 Å². The third kappa shape index (κ3) is 3.32. The van der Waals surface area contributed by atoms with E-state index < -0.39 is 10.0 Å². The number of rotatable bonds is 5. The molecule has 3 aliphatic rings. The van der Waals surface area contributed by atoms with Crippen LogP contribution in [0, 0.1) is 0 Å². The summed E-state index contributed by atoms with van der Waals surface area (Å²) in [4.78, 5) is 2.50. The number of nitrogens with zero attached hydrogens (tertiary/aromatic N) is 1. The van der Waals surface area contributed by atoms with Crippen molar-refractivity contribution in [1.29, 1.82) is 0 Å².